The van der Waals surface area contributed by atoms with Crippen molar-refractivity contribution in [1.82, 2.24) is 15.1 Å². The maximum atomic E-state index is 11.7. The van der Waals surface area contributed by atoms with Crippen molar-refractivity contribution < 1.29 is 58.2 Å². The van der Waals surface area contributed by atoms with Crippen LogP contribution in [0.4, 0.5) is 0 Å². The van der Waals surface area contributed by atoms with Crippen LogP contribution in [0, 0.1) is 0 Å². The number of piperidine rings is 3. The summed E-state index contributed by atoms with van der Waals surface area (Å²) < 4.78 is 32.6. The highest BCUT2D eigenvalue weighted by molar-refractivity contribution is 9.11. The molecule has 0 bridgehead atoms. The highest BCUT2D eigenvalue weighted by Gasteiger charge is 2.30. The first kappa shape index (κ1) is 75.0. The highest BCUT2D eigenvalue weighted by Crippen LogP contribution is 2.41. The zero-order valence-corrected chi connectivity index (χ0v) is 62.2. The van der Waals surface area contributed by atoms with Crippen LogP contribution < -0.4 is 29.0 Å². The van der Waals surface area contributed by atoms with E-state index in [2.05, 4.69) is 69.0 Å². The summed E-state index contributed by atoms with van der Waals surface area (Å²) in [6.07, 6.45) is 8.96. The molecule has 0 saturated carbocycles. The molecule has 23 heteroatoms. The lowest BCUT2D eigenvalue weighted by Crippen LogP contribution is -2.43. The zero-order chi connectivity index (χ0) is 69.1. The maximum absolute atomic E-state index is 11.7. The van der Waals surface area contributed by atoms with Crippen LogP contribution in [0.1, 0.15) is 102 Å². The number of hydrogen-bond donors (Lipinski definition) is 4. The summed E-state index contributed by atoms with van der Waals surface area (Å²) in [4.78, 5) is 48.8. The van der Waals surface area contributed by atoms with Crippen LogP contribution in [0.25, 0.3) is 22.3 Å². The number of likely N-dealkylation sites (tertiary alicyclic amines) is 2. The van der Waals surface area contributed by atoms with E-state index >= 15 is 0 Å². The topological polar surface area (TPSA) is 194 Å². The Morgan fingerprint density at radius 3 is 1.16 bits per heavy atom. The molecule has 0 aliphatic carbocycles. The minimum absolute atomic E-state index is 0.233. The van der Waals surface area contributed by atoms with E-state index in [4.69, 9.17) is 75.2 Å². The Kier molecular flexibility index (Phi) is 28.4. The number of rotatable bonds is 23. The van der Waals surface area contributed by atoms with Crippen molar-refractivity contribution in [3.63, 3.8) is 0 Å². The lowest BCUT2D eigenvalue weighted by molar-refractivity contribution is -0.145. The monoisotopic (exact) mass is 1650 g/mol. The third-order valence-corrected chi connectivity index (χ3v) is 21.1. The van der Waals surface area contributed by atoms with Gasteiger partial charge in [0, 0.05) is 63.2 Å². The summed E-state index contributed by atoms with van der Waals surface area (Å²) in [6, 6.07) is 44.2. The molecule has 3 aliphatic rings. The molecular formula is C74H71Br4Cl4N3O12. The standard InChI is InChI=1S/C40H40Br2Cl2N2O6.C28H20Br2Cl2O4.C6H11NO2/c41-31-19-25(21-45-17-3-1-11-33(45)39(47)48)13-15-35(31)51-23-27-7-5-9-29(37(27)43)30-10-6-8-28(38(30)44)24-52-36-16-14-26(20-32(36)42)22-46-18-4-2-12-34(46)40(49)50;1-34-20-9-11-26(24(30)13-20)36-16-19-5-3-7-22(28(19)32)21-6-2-4-18(27(21)31)15-35-25-10-8-17(14-33)12-23(25)29;8-6(9)5-3-1-2-4-7-5/h5-10,13-16,19-20,33-34H,1-4,11-12,17-18,21-24H2,(H,47,48)(H,49,50);2-14H,15-16H2,1H3;5,7H,1-4H2,(H,8,9)/t33-,34-;;5-/m0.0/s1. The lowest BCUT2D eigenvalue weighted by atomic mass is 10.0. The first-order valence-corrected chi connectivity index (χ1v) is 36.2. The highest BCUT2D eigenvalue weighted by atomic mass is 79.9. The number of carbonyl (C=O) groups excluding carboxylic acids is 1. The van der Waals surface area contributed by atoms with Gasteiger partial charge >= 0.3 is 17.9 Å². The van der Waals surface area contributed by atoms with Gasteiger partial charge in [-0.15, -0.1) is 0 Å². The number of carboxylic acids is 3. The number of hydrogen-bond acceptors (Lipinski definition) is 12. The molecule has 3 atom stereocenters. The van der Waals surface area contributed by atoms with E-state index in [1.54, 1.807) is 25.3 Å². The van der Waals surface area contributed by atoms with Gasteiger partial charge in [0.2, 0.25) is 0 Å². The smallest absolute Gasteiger partial charge is 0.320 e. The summed E-state index contributed by atoms with van der Waals surface area (Å²) in [7, 11) is 1.62. The van der Waals surface area contributed by atoms with Crippen LogP contribution in [0.2, 0.25) is 20.1 Å². The van der Waals surface area contributed by atoms with Gasteiger partial charge in [-0.2, -0.15) is 0 Å². The fourth-order valence-electron chi connectivity index (χ4n) is 11.6. The van der Waals surface area contributed by atoms with Crippen molar-refractivity contribution in [1.29, 1.82) is 0 Å². The lowest BCUT2D eigenvalue weighted by Gasteiger charge is -2.32. The van der Waals surface area contributed by atoms with Crippen LogP contribution in [-0.4, -0.2) is 94.2 Å². The predicted octanol–water partition coefficient (Wildman–Crippen LogP) is 19.6. The second-order valence-corrected chi connectivity index (χ2v) is 28.3. The van der Waals surface area contributed by atoms with Gasteiger partial charge in [0.1, 0.15) is 79.6 Å². The normalized spacial score (nSPS) is 16.3. The molecule has 0 radical (unpaired) electrons. The van der Waals surface area contributed by atoms with Gasteiger partial charge in [-0.05, 0) is 194 Å². The number of nitrogens with zero attached hydrogens (tertiary/aromatic N) is 2. The minimum Gasteiger partial charge on any atom is -0.497 e. The number of aldehydes is 1. The van der Waals surface area contributed by atoms with Gasteiger partial charge in [-0.3, -0.25) is 29.0 Å². The molecule has 8 aromatic carbocycles. The number of nitrogens with one attached hydrogen (secondary N) is 1. The van der Waals surface area contributed by atoms with E-state index in [0.717, 1.165) is 146 Å². The number of ether oxygens (including phenoxy) is 5. The van der Waals surface area contributed by atoms with Gasteiger partial charge in [-0.1, -0.05) is 151 Å². The molecule has 3 heterocycles. The molecule has 3 saturated heterocycles. The largest absolute Gasteiger partial charge is 0.497 e. The maximum Gasteiger partial charge on any atom is 0.320 e. The molecule has 11 rings (SSSR count). The Labute approximate surface area is 618 Å². The molecule has 0 spiro atoms. The van der Waals surface area contributed by atoms with Crippen LogP contribution >= 0.6 is 110 Å². The molecule has 0 unspecified atom stereocenters. The average Bonchev–Trinajstić information content (AvgIpc) is 0.837. The van der Waals surface area contributed by atoms with Crippen LogP contribution in [0.3, 0.4) is 0 Å². The number of benzene rings is 8. The first-order valence-electron chi connectivity index (χ1n) is 31.5. The third kappa shape index (κ3) is 20.5. The molecule has 15 nitrogen and oxygen atoms in total. The van der Waals surface area contributed by atoms with Crippen molar-refractivity contribution in [2.75, 3.05) is 26.7 Å². The second-order valence-electron chi connectivity index (χ2n) is 23.4. The summed E-state index contributed by atoms with van der Waals surface area (Å²) in [5.41, 5.74) is 8.98. The minimum atomic E-state index is -0.766. The van der Waals surface area contributed by atoms with E-state index in [1.807, 2.05) is 137 Å². The molecule has 8 aromatic rings. The van der Waals surface area contributed by atoms with Crippen molar-refractivity contribution in [2.24, 2.45) is 0 Å². The fourth-order valence-corrected chi connectivity index (χ4v) is 14.8. The van der Waals surface area contributed by atoms with Crippen LogP contribution in [-0.2, 0) is 53.9 Å². The fraction of sp³-hybridized carbons (Fsp3) is 0.297. The Hall–Kier alpha value is -6.20. The van der Waals surface area contributed by atoms with Crippen molar-refractivity contribution >= 4 is 134 Å². The van der Waals surface area contributed by atoms with E-state index in [-0.39, 0.29) is 32.5 Å². The Morgan fingerprint density at radius 2 is 0.845 bits per heavy atom. The summed E-state index contributed by atoms with van der Waals surface area (Å²) in [5.74, 6) is 1.10. The Balaban J connectivity index is 0.000000211. The van der Waals surface area contributed by atoms with Crippen LogP contribution in [0.5, 0.6) is 28.7 Å². The summed E-state index contributed by atoms with van der Waals surface area (Å²) >= 11 is 41.8. The van der Waals surface area contributed by atoms with Crippen LogP contribution in [0.15, 0.2) is 163 Å². The molecule has 4 N–H and O–H groups in total. The molecule has 3 aliphatic heterocycles. The molecule has 510 valence electrons. The summed E-state index contributed by atoms with van der Waals surface area (Å²) in [6.45, 7) is 4.52. The Morgan fingerprint density at radius 1 is 0.474 bits per heavy atom. The predicted molar refractivity (Wildman–Crippen MR) is 394 cm³/mol. The van der Waals surface area contributed by atoms with E-state index in [9.17, 15) is 29.4 Å². The van der Waals surface area contributed by atoms with Gasteiger partial charge in [-0.25, -0.2) is 0 Å². The first-order chi connectivity index (χ1) is 46.8. The van der Waals surface area contributed by atoms with Crippen molar-refractivity contribution in [3.05, 3.63) is 223 Å². The number of carboxylic acid groups (broad SMARTS) is 3. The van der Waals surface area contributed by atoms with E-state index < -0.39 is 30.0 Å². The molecule has 97 heavy (non-hydrogen) atoms. The number of carbonyl (C=O) groups is 4. The third-order valence-electron chi connectivity index (χ3n) is 16.8. The van der Waals surface area contributed by atoms with Gasteiger partial charge in [0.15, 0.2) is 0 Å². The molecule has 3 fully saturated rings. The molecule has 0 aromatic heterocycles. The Bertz CT molecular complexity index is 3950. The average molecular weight is 1660 g/mol. The van der Waals surface area contributed by atoms with E-state index in [1.165, 1.54) is 0 Å². The molecular weight excluding hydrogens is 1580 g/mol. The van der Waals surface area contributed by atoms with Crippen molar-refractivity contribution in [2.45, 2.75) is 115 Å². The number of aliphatic carboxylic acids is 3. The zero-order valence-electron chi connectivity index (χ0n) is 52.8. The SMILES string of the molecule is COc1ccc(OCc2cccc(-c3cccc(COc4ccc(C=O)cc4Br)c3Cl)c2Cl)c(Br)c1.O=C(O)[C@@H]1CCCCN1.O=C(O)[C@@H]1CCCCN1Cc1ccc(OCc2cccc(-c3cccc(COc4ccc(CN5CCCC[C@H]5C(=O)O)cc4Br)c3Cl)c2Cl)c(Br)c1. The van der Waals surface area contributed by atoms with Crippen molar-refractivity contribution in [3.8, 4) is 51.0 Å². The van der Waals surface area contributed by atoms with Gasteiger partial charge < -0.3 is 44.3 Å². The second kappa shape index (κ2) is 36.8. The quantitative estimate of drug-likeness (QED) is 0.0442. The molecule has 0 amide bonds. The van der Waals surface area contributed by atoms with E-state index in [0.29, 0.717) is 79.1 Å². The van der Waals surface area contributed by atoms with Gasteiger partial charge in [0.05, 0.1) is 45.1 Å². The summed E-state index contributed by atoms with van der Waals surface area (Å²) in [5, 5.41) is 32.9. The van der Waals surface area contributed by atoms with Gasteiger partial charge in [0.25, 0.3) is 0 Å². The number of halogens is 8. The number of methoxy groups -OCH3 is 1.